The number of rotatable bonds is 4. The Labute approximate surface area is 133 Å². The predicted octanol–water partition coefficient (Wildman–Crippen LogP) is 4.07. The summed E-state index contributed by atoms with van der Waals surface area (Å²) in [6.07, 6.45) is 9.20. The van der Waals surface area contributed by atoms with Gasteiger partial charge in [-0.3, -0.25) is 0 Å². The highest BCUT2D eigenvalue weighted by atomic mass is 16.6. The molecule has 0 unspecified atom stereocenters. The number of hydrogen-bond acceptors (Lipinski definition) is 3. The van der Waals surface area contributed by atoms with Crippen LogP contribution in [0.3, 0.4) is 0 Å². The first-order valence-electron chi connectivity index (χ1n) is 8.65. The molecule has 0 aromatic heterocycles. The maximum Gasteiger partial charge on any atom is 0.344 e. The first kappa shape index (κ1) is 15.4. The fraction of sp³-hybridized carbons (Fsp3) is 0.632. The Morgan fingerprint density at radius 1 is 1.09 bits per heavy atom. The van der Waals surface area contributed by atoms with Gasteiger partial charge >= 0.3 is 5.97 Å². The third-order valence-corrected chi connectivity index (χ3v) is 4.94. The van der Waals surface area contributed by atoms with Crippen molar-refractivity contribution in [1.82, 2.24) is 0 Å². The molecule has 120 valence electrons. The summed E-state index contributed by atoms with van der Waals surface area (Å²) in [7, 11) is 0. The van der Waals surface area contributed by atoms with Crippen LogP contribution in [0.1, 0.15) is 56.6 Å². The molecule has 0 spiro atoms. The van der Waals surface area contributed by atoms with E-state index in [1.165, 1.54) is 24.0 Å². The Hall–Kier alpha value is -1.51. The normalized spacial score (nSPS) is 24.4. The lowest BCUT2D eigenvalue weighted by molar-refractivity contribution is -0.153. The van der Waals surface area contributed by atoms with Crippen molar-refractivity contribution < 1.29 is 14.3 Å². The van der Waals surface area contributed by atoms with Crippen molar-refractivity contribution in [2.45, 2.75) is 64.4 Å². The van der Waals surface area contributed by atoms with Crippen molar-refractivity contribution in [2.75, 3.05) is 6.61 Å². The SMILES string of the molecule is CC1CCC(OC(=O)COc2ccc3c(c2)CCCC3)CC1. The van der Waals surface area contributed by atoms with E-state index >= 15 is 0 Å². The van der Waals surface area contributed by atoms with E-state index in [2.05, 4.69) is 19.1 Å². The summed E-state index contributed by atoms with van der Waals surface area (Å²) in [4.78, 5) is 11.9. The zero-order chi connectivity index (χ0) is 15.4. The molecule has 2 aliphatic carbocycles. The molecule has 0 N–H and O–H groups in total. The second-order valence-electron chi connectivity index (χ2n) is 6.80. The van der Waals surface area contributed by atoms with E-state index in [1.807, 2.05) is 6.07 Å². The lowest BCUT2D eigenvalue weighted by Gasteiger charge is -2.26. The lowest BCUT2D eigenvalue weighted by atomic mass is 9.89. The molecule has 0 aliphatic heterocycles. The van der Waals surface area contributed by atoms with Gasteiger partial charge in [-0.05, 0) is 80.5 Å². The van der Waals surface area contributed by atoms with E-state index in [0.717, 1.165) is 50.2 Å². The second-order valence-corrected chi connectivity index (χ2v) is 6.80. The van der Waals surface area contributed by atoms with Crippen molar-refractivity contribution in [3.8, 4) is 5.75 Å². The minimum Gasteiger partial charge on any atom is -0.482 e. The molecule has 0 saturated heterocycles. The van der Waals surface area contributed by atoms with E-state index in [9.17, 15) is 4.79 Å². The van der Waals surface area contributed by atoms with Crippen molar-refractivity contribution in [1.29, 1.82) is 0 Å². The van der Waals surface area contributed by atoms with Gasteiger partial charge in [-0.15, -0.1) is 0 Å². The van der Waals surface area contributed by atoms with Gasteiger partial charge in [0.25, 0.3) is 0 Å². The maximum absolute atomic E-state index is 11.9. The number of esters is 1. The number of carbonyl (C=O) groups excluding carboxylic acids is 1. The van der Waals surface area contributed by atoms with E-state index in [0.29, 0.717) is 0 Å². The van der Waals surface area contributed by atoms with Gasteiger partial charge in [0.05, 0.1) is 0 Å². The van der Waals surface area contributed by atoms with Crippen LogP contribution in [0.2, 0.25) is 0 Å². The van der Waals surface area contributed by atoms with Crippen LogP contribution in [0.25, 0.3) is 0 Å². The molecule has 3 nitrogen and oxygen atoms in total. The molecule has 22 heavy (non-hydrogen) atoms. The van der Waals surface area contributed by atoms with Gasteiger partial charge in [-0.2, -0.15) is 0 Å². The van der Waals surface area contributed by atoms with E-state index in [1.54, 1.807) is 0 Å². The van der Waals surface area contributed by atoms with Crippen LogP contribution in [0.5, 0.6) is 5.75 Å². The monoisotopic (exact) mass is 302 g/mol. The fourth-order valence-electron chi connectivity index (χ4n) is 3.51. The third-order valence-electron chi connectivity index (χ3n) is 4.94. The smallest absolute Gasteiger partial charge is 0.344 e. The van der Waals surface area contributed by atoms with Crippen molar-refractivity contribution in [2.24, 2.45) is 5.92 Å². The van der Waals surface area contributed by atoms with Crippen LogP contribution in [0.15, 0.2) is 18.2 Å². The molecule has 3 heteroatoms. The van der Waals surface area contributed by atoms with Gasteiger partial charge in [0, 0.05) is 0 Å². The summed E-state index contributed by atoms with van der Waals surface area (Å²) < 4.78 is 11.1. The minimum atomic E-state index is -0.239. The van der Waals surface area contributed by atoms with Crippen LogP contribution in [0, 0.1) is 5.92 Å². The Kier molecular flexibility index (Phi) is 5.01. The average Bonchev–Trinajstić information content (AvgIpc) is 2.55. The number of hydrogen-bond donors (Lipinski definition) is 0. The number of ether oxygens (including phenoxy) is 2. The average molecular weight is 302 g/mol. The third kappa shape index (κ3) is 4.02. The van der Waals surface area contributed by atoms with Gasteiger partial charge in [-0.1, -0.05) is 13.0 Å². The molecular formula is C19H26O3. The van der Waals surface area contributed by atoms with Crippen LogP contribution in [0.4, 0.5) is 0 Å². The highest BCUT2D eigenvalue weighted by Crippen LogP contribution is 2.27. The molecule has 0 bridgehead atoms. The highest BCUT2D eigenvalue weighted by molar-refractivity contribution is 5.71. The number of benzene rings is 1. The minimum absolute atomic E-state index is 0.0187. The zero-order valence-corrected chi connectivity index (χ0v) is 13.5. The second kappa shape index (κ2) is 7.17. The molecule has 0 atom stereocenters. The van der Waals surface area contributed by atoms with E-state index in [-0.39, 0.29) is 18.7 Å². The topological polar surface area (TPSA) is 35.5 Å². The van der Waals surface area contributed by atoms with Crippen molar-refractivity contribution in [3.05, 3.63) is 29.3 Å². The molecule has 0 radical (unpaired) electrons. The number of fused-ring (bicyclic) bond motifs is 1. The molecule has 1 saturated carbocycles. The molecule has 1 aromatic carbocycles. The molecule has 1 fully saturated rings. The van der Waals surface area contributed by atoms with E-state index < -0.39 is 0 Å². The quantitative estimate of drug-likeness (QED) is 0.787. The molecule has 1 aromatic rings. The Morgan fingerprint density at radius 3 is 2.59 bits per heavy atom. The summed E-state index contributed by atoms with van der Waals surface area (Å²) in [5.74, 6) is 1.31. The van der Waals surface area contributed by atoms with Crippen molar-refractivity contribution >= 4 is 5.97 Å². The van der Waals surface area contributed by atoms with Gasteiger partial charge in [-0.25, -0.2) is 4.79 Å². The van der Waals surface area contributed by atoms with Gasteiger partial charge in [0.1, 0.15) is 11.9 Å². The van der Waals surface area contributed by atoms with Crippen LogP contribution in [-0.2, 0) is 22.4 Å². The lowest BCUT2D eigenvalue weighted by Crippen LogP contribution is -2.26. The largest absolute Gasteiger partial charge is 0.482 e. The highest BCUT2D eigenvalue weighted by Gasteiger charge is 2.21. The summed E-state index contributed by atoms with van der Waals surface area (Å²) in [6.45, 7) is 2.28. The molecule has 2 aliphatic rings. The summed E-state index contributed by atoms with van der Waals surface area (Å²) in [5, 5.41) is 0. The first-order chi connectivity index (χ1) is 10.7. The van der Waals surface area contributed by atoms with Crippen LogP contribution < -0.4 is 4.74 Å². The van der Waals surface area contributed by atoms with Crippen LogP contribution >= 0.6 is 0 Å². The summed E-state index contributed by atoms with van der Waals surface area (Å²) in [6, 6.07) is 6.20. The molecular weight excluding hydrogens is 276 g/mol. The first-order valence-corrected chi connectivity index (χ1v) is 8.65. The molecule has 3 rings (SSSR count). The van der Waals surface area contributed by atoms with Crippen LogP contribution in [-0.4, -0.2) is 18.7 Å². The number of aryl methyl sites for hydroxylation is 2. The van der Waals surface area contributed by atoms with E-state index in [4.69, 9.17) is 9.47 Å². The number of carbonyl (C=O) groups is 1. The zero-order valence-electron chi connectivity index (χ0n) is 13.5. The fourth-order valence-corrected chi connectivity index (χ4v) is 3.51. The summed E-state index contributed by atoms with van der Waals surface area (Å²) in [5.41, 5.74) is 2.80. The van der Waals surface area contributed by atoms with Gasteiger partial charge < -0.3 is 9.47 Å². The van der Waals surface area contributed by atoms with Gasteiger partial charge in [0.2, 0.25) is 0 Å². The predicted molar refractivity (Wildman–Crippen MR) is 86.1 cm³/mol. The Morgan fingerprint density at radius 2 is 1.82 bits per heavy atom. The summed E-state index contributed by atoms with van der Waals surface area (Å²) >= 11 is 0. The Bertz CT molecular complexity index is 515. The maximum atomic E-state index is 11.9. The standard InChI is InChI=1S/C19H26O3/c1-14-6-9-17(10-7-14)22-19(20)13-21-18-11-8-15-4-2-3-5-16(15)12-18/h8,11-12,14,17H,2-7,9-10,13H2,1H3. The Balaban J connectivity index is 1.46. The molecule has 0 amide bonds. The molecule has 0 heterocycles. The van der Waals surface area contributed by atoms with Crippen molar-refractivity contribution in [3.63, 3.8) is 0 Å². The van der Waals surface area contributed by atoms with Gasteiger partial charge in [0.15, 0.2) is 6.61 Å².